The Hall–Kier alpha value is -0.0900. The standard InChI is InChI=1S/C15H22IN/c1-11(12-4-6-13(16)7-5-12)17-14-8-9-15(2,3)10-14/h4-7,11,14,17H,8-10H2,1-3H3. The number of halogens is 1. The van der Waals surface area contributed by atoms with Gasteiger partial charge in [0.05, 0.1) is 0 Å². The Morgan fingerprint density at radius 2 is 1.94 bits per heavy atom. The van der Waals surface area contributed by atoms with Crippen LogP contribution >= 0.6 is 22.6 Å². The molecule has 1 aliphatic carbocycles. The molecule has 0 amide bonds. The zero-order valence-electron chi connectivity index (χ0n) is 11.0. The topological polar surface area (TPSA) is 12.0 Å². The summed E-state index contributed by atoms with van der Waals surface area (Å²) in [6, 6.07) is 10.0. The van der Waals surface area contributed by atoms with Gasteiger partial charge in [0, 0.05) is 15.7 Å². The predicted molar refractivity (Wildman–Crippen MR) is 82.1 cm³/mol. The normalized spacial score (nSPS) is 24.8. The van der Waals surface area contributed by atoms with E-state index >= 15 is 0 Å². The second kappa shape index (κ2) is 5.27. The predicted octanol–water partition coefficient (Wildman–Crippen LogP) is 4.52. The Kier molecular flexibility index (Phi) is 4.14. The average Bonchev–Trinajstić information content (AvgIpc) is 2.59. The van der Waals surface area contributed by atoms with Gasteiger partial charge in [-0.3, -0.25) is 0 Å². The van der Waals surface area contributed by atoms with Crippen LogP contribution in [0, 0.1) is 8.99 Å². The molecule has 0 bridgehead atoms. The summed E-state index contributed by atoms with van der Waals surface area (Å²) in [5.41, 5.74) is 1.93. The van der Waals surface area contributed by atoms with Crippen LogP contribution in [0.1, 0.15) is 51.6 Å². The summed E-state index contributed by atoms with van der Waals surface area (Å²) in [6.07, 6.45) is 3.98. The number of hydrogen-bond acceptors (Lipinski definition) is 1. The molecule has 0 heterocycles. The lowest BCUT2D eigenvalue weighted by atomic mass is 9.91. The molecular weight excluding hydrogens is 321 g/mol. The fourth-order valence-corrected chi connectivity index (χ4v) is 3.14. The van der Waals surface area contributed by atoms with E-state index in [0.717, 1.165) is 0 Å². The molecule has 1 saturated carbocycles. The van der Waals surface area contributed by atoms with Crippen molar-refractivity contribution in [1.29, 1.82) is 0 Å². The summed E-state index contributed by atoms with van der Waals surface area (Å²) >= 11 is 2.35. The van der Waals surface area contributed by atoms with Crippen molar-refractivity contribution < 1.29 is 0 Å². The van der Waals surface area contributed by atoms with Crippen LogP contribution < -0.4 is 5.32 Å². The van der Waals surface area contributed by atoms with Crippen molar-refractivity contribution in [1.82, 2.24) is 5.32 Å². The van der Waals surface area contributed by atoms with Crippen LogP contribution in [0.4, 0.5) is 0 Å². The van der Waals surface area contributed by atoms with Crippen LogP contribution in [0.2, 0.25) is 0 Å². The van der Waals surface area contributed by atoms with Crippen molar-refractivity contribution in [2.45, 2.75) is 52.1 Å². The minimum Gasteiger partial charge on any atom is -0.307 e. The van der Waals surface area contributed by atoms with Gasteiger partial charge in [-0.05, 0) is 71.9 Å². The molecule has 1 fully saturated rings. The van der Waals surface area contributed by atoms with Crippen molar-refractivity contribution in [3.05, 3.63) is 33.4 Å². The largest absolute Gasteiger partial charge is 0.307 e. The fraction of sp³-hybridized carbons (Fsp3) is 0.600. The number of benzene rings is 1. The van der Waals surface area contributed by atoms with Gasteiger partial charge in [-0.25, -0.2) is 0 Å². The molecule has 0 saturated heterocycles. The molecule has 1 N–H and O–H groups in total. The molecule has 1 nitrogen and oxygen atoms in total. The highest BCUT2D eigenvalue weighted by Gasteiger charge is 2.31. The minimum atomic E-state index is 0.464. The van der Waals surface area contributed by atoms with Crippen LogP contribution in [-0.2, 0) is 0 Å². The SMILES string of the molecule is CC(NC1CCC(C)(C)C1)c1ccc(I)cc1. The van der Waals surface area contributed by atoms with Crippen LogP contribution in [0.25, 0.3) is 0 Å². The molecule has 1 aliphatic rings. The summed E-state index contributed by atoms with van der Waals surface area (Å²) < 4.78 is 1.31. The van der Waals surface area contributed by atoms with Gasteiger partial charge in [0.15, 0.2) is 0 Å². The van der Waals surface area contributed by atoms with Gasteiger partial charge in [-0.1, -0.05) is 26.0 Å². The highest BCUT2D eigenvalue weighted by Crippen LogP contribution is 2.37. The molecular formula is C15H22IN. The summed E-state index contributed by atoms with van der Waals surface area (Å²) in [5.74, 6) is 0. The van der Waals surface area contributed by atoms with Crippen LogP contribution in [0.15, 0.2) is 24.3 Å². The van der Waals surface area contributed by atoms with E-state index < -0.39 is 0 Å². The summed E-state index contributed by atoms with van der Waals surface area (Å²) in [6.45, 7) is 7.03. The van der Waals surface area contributed by atoms with E-state index in [1.807, 2.05) is 0 Å². The first-order valence-electron chi connectivity index (χ1n) is 6.48. The third-order valence-corrected chi connectivity index (χ3v) is 4.54. The zero-order valence-corrected chi connectivity index (χ0v) is 13.1. The average molecular weight is 343 g/mol. The molecule has 2 rings (SSSR count). The summed E-state index contributed by atoms with van der Waals surface area (Å²) in [5, 5.41) is 3.77. The fourth-order valence-electron chi connectivity index (χ4n) is 2.78. The maximum atomic E-state index is 3.77. The lowest BCUT2D eigenvalue weighted by Gasteiger charge is -2.22. The molecule has 0 aliphatic heterocycles. The van der Waals surface area contributed by atoms with E-state index in [-0.39, 0.29) is 0 Å². The number of nitrogens with one attached hydrogen (secondary N) is 1. The highest BCUT2D eigenvalue weighted by molar-refractivity contribution is 14.1. The van der Waals surface area contributed by atoms with Crippen molar-refractivity contribution in [3.63, 3.8) is 0 Å². The molecule has 0 aromatic heterocycles. The Morgan fingerprint density at radius 3 is 2.47 bits per heavy atom. The molecule has 94 valence electrons. The molecule has 17 heavy (non-hydrogen) atoms. The molecule has 2 atom stereocenters. The Labute approximate surface area is 119 Å². The monoisotopic (exact) mass is 343 g/mol. The van der Waals surface area contributed by atoms with Gasteiger partial charge < -0.3 is 5.32 Å². The van der Waals surface area contributed by atoms with E-state index in [0.29, 0.717) is 17.5 Å². The van der Waals surface area contributed by atoms with Gasteiger partial charge in [0.2, 0.25) is 0 Å². The Morgan fingerprint density at radius 1 is 1.29 bits per heavy atom. The van der Waals surface area contributed by atoms with Crippen molar-refractivity contribution in [2.24, 2.45) is 5.41 Å². The molecule has 0 radical (unpaired) electrons. The number of hydrogen-bond donors (Lipinski definition) is 1. The second-order valence-corrected chi connectivity index (χ2v) is 7.29. The third-order valence-electron chi connectivity index (χ3n) is 3.82. The molecule has 2 heteroatoms. The van der Waals surface area contributed by atoms with Gasteiger partial charge in [-0.2, -0.15) is 0 Å². The summed E-state index contributed by atoms with van der Waals surface area (Å²) in [7, 11) is 0. The van der Waals surface area contributed by atoms with Crippen LogP contribution in [0.5, 0.6) is 0 Å². The molecule has 2 unspecified atom stereocenters. The highest BCUT2D eigenvalue weighted by atomic mass is 127. The maximum absolute atomic E-state index is 3.77. The van der Waals surface area contributed by atoms with Crippen LogP contribution in [0.3, 0.4) is 0 Å². The molecule has 1 aromatic carbocycles. The van der Waals surface area contributed by atoms with E-state index in [2.05, 4.69) is 72.9 Å². The molecule has 1 aromatic rings. The second-order valence-electron chi connectivity index (χ2n) is 6.04. The lowest BCUT2D eigenvalue weighted by Crippen LogP contribution is -2.30. The Balaban J connectivity index is 1.93. The minimum absolute atomic E-state index is 0.464. The first-order chi connectivity index (χ1) is 7.96. The number of rotatable bonds is 3. The zero-order chi connectivity index (χ0) is 12.5. The van der Waals surface area contributed by atoms with Gasteiger partial charge in [0.25, 0.3) is 0 Å². The van der Waals surface area contributed by atoms with E-state index in [1.165, 1.54) is 28.4 Å². The van der Waals surface area contributed by atoms with Crippen molar-refractivity contribution >= 4 is 22.6 Å². The Bertz CT molecular complexity index is 369. The summed E-state index contributed by atoms with van der Waals surface area (Å²) in [4.78, 5) is 0. The van der Waals surface area contributed by atoms with E-state index in [4.69, 9.17) is 0 Å². The van der Waals surface area contributed by atoms with Crippen LogP contribution in [-0.4, -0.2) is 6.04 Å². The van der Waals surface area contributed by atoms with E-state index in [1.54, 1.807) is 0 Å². The van der Waals surface area contributed by atoms with Crippen molar-refractivity contribution in [3.8, 4) is 0 Å². The lowest BCUT2D eigenvalue weighted by molar-refractivity contribution is 0.356. The van der Waals surface area contributed by atoms with Gasteiger partial charge in [0.1, 0.15) is 0 Å². The maximum Gasteiger partial charge on any atom is 0.0294 e. The van der Waals surface area contributed by atoms with E-state index in [9.17, 15) is 0 Å². The first kappa shape index (κ1) is 13.3. The quantitative estimate of drug-likeness (QED) is 0.796. The van der Waals surface area contributed by atoms with Crippen molar-refractivity contribution in [2.75, 3.05) is 0 Å². The van der Waals surface area contributed by atoms with Gasteiger partial charge in [-0.15, -0.1) is 0 Å². The van der Waals surface area contributed by atoms with Gasteiger partial charge >= 0.3 is 0 Å². The molecule has 0 spiro atoms. The first-order valence-corrected chi connectivity index (χ1v) is 7.56. The third kappa shape index (κ3) is 3.68. The smallest absolute Gasteiger partial charge is 0.0294 e.